The van der Waals surface area contributed by atoms with E-state index in [0.717, 1.165) is 17.3 Å². The SMILES string of the molecule is C[C@H](Sc1nc2cc(Cl)ccc2c(=O)n1Cc1ccccc1)C(=O)Nc1ccc(S(=O)(=O)N2CCOCC2)cc1. The van der Waals surface area contributed by atoms with Gasteiger partial charge in [-0.1, -0.05) is 53.7 Å². The highest BCUT2D eigenvalue weighted by Gasteiger charge is 2.26. The maximum absolute atomic E-state index is 13.4. The van der Waals surface area contributed by atoms with Gasteiger partial charge in [-0.3, -0.25) is 14.2 Å². The summed E-state index contributed by atoms with van der Waals surface area (Å²) in [5.41, 5.74) is 1.61. The molecule has 0 saturated carbocycles. The highest BCUT2D eigenvalue weighted by molar-refractivity contribution is 8.00. The number of amides is 1. The molecule has 12 heteroatoms. The van der Waals surface area contributed by atoms with Crippen LogP contribution in [0, 0.1) is 0 Å². The number of halogens is 1. The van der Waals surface area contributed by atoms with E-state index in [1.165, 1.54) is 16.4 Å². The number of morpholine rings is 1. The third-order valence-electron chi connectivity index (χ3n) is 6.45. The number of hydrogen-bond donors (Lipinski definition) is 1. The third kappa shape index (κ3) is 6.24. The van der Waals surface area contributed by atoms with Crippen LogP contribution in [-0.4, -0.2) is 59.7 Å². The standard InChI is InChI=1S/C28H27ClN4O5S2/c1-19(26(34)30-22-8-10-23(11-9-22)40(36,37)32-13-15-38-16-14-32)39-28-31-25-17-21(29)7-12-24(25)27(35)33(28)18-20-5-3-2-4-6-20/h2-12,17,19H,13-16,18H2,1H3,(H,30,34)/t19-/m0/s1. The lowest BCUT2D eigenvalue weighted by Gasteiger charge is -2.26. The van der Waals surface area contributed by atoms with Crippen molar-refractivity contribution in [3.05, 3.63) is 93.7 Å². The molecule has 2 heterocycles. The van der Waals surface area contributed by atoms with Crippen LogP contribution >= 0.6 is 23.4 Å². The van der Waals surface area contributed by atoms with Crippen molar-refractivity contribution >= 4 is 55.9 Å². The van der Waals surface area contributed by atoms with Crippen LogP contribution in [0.3, 0.4) is 0 Å². The normalized spacial score (nSPS) is 15.2. The highest BCUT2D eigenvalue weighted by Crippen LogP contribution is 2.26. The zero-order valence-corrected chi connectivity index (χ0v) is 24.0. The summed E-state index contributed by atoms with van der Waals surface area (Å²) in [5, 5.41) is 3.49. The number of nitrogens with one attached hydrogen (secondary N) is 1. The van der Waals surface area contributed by atoms with Crippen LogP contribution in [0.5, 0.6) is 0 Å². The predicted molar refractivity (Wildman–Crippen MR) is 157 cm³/mol. The van der Waals surface area contributed by atoms with Gasteiger partial charge in [0.05, 0.1) is 40.8 Å². The van der Waals surface area contributed by atoms with Gasteiger partial charge in [0.15, 0.2) is 5.16 Å². The summed E-state index contributed by atoms with van der Waals surface area (Å²) in [4.78, 5) is 31.4. The topological polar surface area (TPSA) is 111 Å². The van der Waals surface area contributed by atoms with Gasteiger partial charge in [-0.15, -0.1) is 0 Å². The molecular formula is C28H27ClN4O5S2. The van der Waals surface area contributed by atoms with Crippen LogP contribution in [0.15, 0.2) is 87.6 Å². The molecule has 1 aliphatic rings. The van der Waals surface area contributed by atoms with E-state index in [9.17, 15) is 18.0 Å². The minimum atomic E-state index is -3.63. The summed E-state index contributed by atoms with van der Waals surface area (Å²) in [5.74, 6) is -0.319. The van der Waals surface area contributed by atoms with Crippen LogP contribution in [0.1, 0.15) is 12.5 Å². The largest absolute Gasteiger partial charge is 0.379 e. The van der Waals surface area contributed by atoms with Crippen molar-refractivity contribution in [2.75, 3.05) is 31.6 Å². The fourth-order valence-electron chi connectivity index (χ4n) is 4.27. The number of sulfonamides is 1. The fourth-order valence-corrected chi connectivity index (χ4v) is 6.75. The molecule has 1 saturated heterocycles. The van der Waals surface area contributed by atoms with Crippen molar-refractivity contribution in [2.45, 2.75) is 28.8 Å². The Kier molecular flexibility index (Phi) is 8.57. The van der Waals surface area contributed by atoms with Crippen molar-refractivity contribution in [1.82, 2.24) is 13.9 Å². The first-order chi connectivity index (χ1) is 19.2. The van der Waals surface area contributed by atoms with E-state index in [4.69, 9.17) is 16.3 Å². The molecule has 1 fully saturated rings. The molecule has 1 N–H and O–H groups in total. The Morgan fingerprint density at radius 3 is 2.48 bits per heavy atom. The molecule has 0 bridgehead atoms. The number of nitrogens with zero attached hydrogens (tertiary/aromatic N) is 3. The minimum absolute atomic E-state index is 0.152. The van der Waals surface area contributed by atoms with Gasteiger partial charge in [-0.05, 0) is 55.0 Å². The zero-order chi connectivity index (χ0) is 28.3. The smallest absolute Gasteiger partial charge is 0.262 e. The lowest BCUT2D eigenvalue weighted by atomic mass is 10.2. The Balaban J connectivity index is 1.35. The van der Waals surface area contributed by atoms with Crippen molar-refractivity contribution in [3.63, 3.8) is 0 Å². The second-order valence-electron chi connectivity index (χ2n) is 9.22. The van der Waals surface area contributed by atoms with E-state index < -0.39 is 15.3 Å². The predicted octanol–water partition coefficient (Wildman–Crippen LogP) is 4.24. The lowest BCUT2D eigenvalue weighted by molar-refractivity contribution is -0.115. The van der Waals surface area contributed by atoms with Gasteiger partial charge in [-0.2, -0.15) is 4.31 Å². The Labute approximate surface area is 241 Å². The average Bonchev–Trinajstić information content (AvgIpc) is 2.96. The van der Waals surface area contributed by atoms with Gasteiger partial charge in [0.25, 0.3) is 5.56 Å². The summed E-state index contributed by atoms with van der Waals surface area (Å²) in [6.45, 7) is 3.35. The molecule has 1 aliphatic heterocycles. The number of carbonyl (C=O) groups is 1. The van der Waals surface area contributed by atoms with Gasteiger partial charge < -0.3 is 10.1 Å². The molecule has 4 aromatic rings. The lowest BCUT2D eigenvalue weighted by Crippen LogP contribution is -2.40. The number of ether oxygens (including phenoxy) is 1. The molecule has 1 aromatic heterocycles. The first-order valence-corrected chi connectivity index (χ1v) is 15.3. The molecule has 0 unspecified atom stereocenters. The first-order valence-electron chi connectivity index (χ1n) is 12.6. The van der Waals surface area contributed by atoms with E-state index >= 15 is 0 Å². The maximum atomic E-state index is 13.4. The van der Waals surface area contributed by atoms with Crippen molar-refractivity contribution in [1.29, 1.82) is 0 Å². The maximum Gasteiger partial charge on any atom is 0.262 e. The Morgan fingerprint density at radius 1 is 1.07 bits per heavy atom. The van der Waals surface area contributed by atoms with Crippen LogP contribution in [0.4, 0.5) is 5.69 Å². The van der Waals surface area contributed by atoms with Crippen LogP contribution in [0.25, 0.3) is 10.9 Å². The molecule has 1 amide bonds. The van der Waals surface area contributed by atoms with E-state index in [-0.39, 0.29) is 16.4 Å². The Hall–Kier alpha value is -3.22. The van der Waals surface area contributed by atoms with E-state index in [1.54, 1.807) is 41.8 Å². The van der Waals surface area contributed by atoms with Crippen LogP contribution in [0.2, 0.25) is 5.02 Å². The number of fused-ring (bicyclic) bond motifs is 1. The van der Waals surface area contributed by atoms with Gasteiger partial charge in [0, 0.05) is 23.8 Å². The van der Waals surface area contributed by atoms with Gasteiger partial charge in [-0.25, -0.2) is 13.4 Å². The van der Waals surface area contributed by atoms with Crippen molar-refractivity contribution < 1.29 is 17.9 Å². The van der Waals surface area contributed by atoms with Crippen molar-refractivity contribution in [2.24, 2.45) is 0 Å². The Bertz CT molecular complexity index is 1690. The molecule has 0 radical (unpaired) electrons. The van der Waals surface area contributed by atoms with Gasteiger partial charge >= 0.3 is 0 Å². The monoisotopic (exact) mass is 598 g/mol. The fraction of sp³-hybridized carbons (Fsp3) is 0.250. The molecule has 208 valence electrons. The molecule has 3 aromatic carbocycles. The number of anilines is 1. The van der Waals surface area contributed by atoms with Crippen LogP contribution in [-0.2, 0) is 26.1 Å². The first kappa shape index (κ1) is 28.3. The quantitative estimate of drug-likeness (QED) is 0.239. The number of aromatic nitrogens is 2. The number of thioether (sulfide) groups is 1. The second-order valence-corrected chi connectivity index (χ2v) is 12.9. The molecular weight excluding hydrogens is 572 g/mol. The van der Waals surface area contributed by atoms with E-state index in [0.29, 0.717) is 59.6 Å². The number of hydrogen-bond acceptors (Lipinski definition) is 7. The summed E-state index contributed by atoms with van der Waals surface area (Å²) in [6.07, 6.45) is 0. The summed E-state index contributed by atoms with van der Waals surface area (Å²) in [6, 6.07) is 20.6. The third-order valence-corrected chi connectivity index (χ3v) is 9.69. The molecule has 1 atom stereocenters. The second kappa shape index (κ2) is 12.1. The molecule has 0 aliphatic carbocycles. The number of benzene rings is 3. The number of rotatable bonds is 8. The van der Waals surface area contributed by atoms with E-state index in [2.05, 4.69) is 10.3 Å². The summed E-state index contributed by atoms with van der Waals surface area (Å²) < 4.78 is 33.9. The number of carbonyl (C=O) groups excluding carboxylic acids is 1. The molecule has 5 rings (SSSR count). The minimum Gasteiger partial charge on any atom is -0.379 e. The zero-order valence-electron chi connectivity index (χ0n) is 21.6. The molecule has 9 nitrogen and oxygen atoms in total. The van der Waals surface area contributed by atoms with E-state index in [1.807, 2.05) is 30.3 Å². The summed E-state index contributed by atoms with van der Waals surface area (Å²) >= 11 is 7.32. The average molecular weight is 599 g/mol. The van der Waals surface area contributed by atoms with Crippen molar-refractivity contribution in [3.8, 4) is 0 Å². The summed E-state index contributed by atoms with van der Waals surface area (Å²) in [7, 11) is -3.63. The van der Waals surface area contributed by atoms with Crippen LogP contribution < -0.4 is 10.9 Å². The van der Waals surface area contributed by atoms with Gasteiger partial charge in [0.1, 0.15) is 0 Å². The van der Waals surface area contributed by atoms with Gasteiger partial charge in [0.2, 0.25) is 15.9 Å². The Morgan fingerprint density at radius 2 is 1.77 bits per heavy atom. The molecule has 0 spiro atoms. The highest BCUT2D eigenvalue weighted by atomic mass is 35.5. The molecule has 40 heavy (non-hydrogen) atoms.